The summed E-state index contributed by atoms with van der Waals surface area (Å²) in [7, 11) is 1.82. The van der Waals surface area contributed by atoms with Gasteiger partial charge in [-0.1, -0.05) is 42.7 Å². The summed E-state index contributed by atoms with van der Waals surface area (Å²) in [6.45, 7) is 7.99. The number of carbonyl (C=O) groups excluding carboxylic acids is 1. The Morgan fingerprint density at radius 1 is 1.18 bits per heavy atom. The Morgan fingerprint density at radius 2 is 1.94 bits per heavy atom. The summed E-state index contributed by atoms with van der Waals surface area (Å²) < 4.78 is 5.58. The summed E-state index contributed by atoms with van der Waals surface area (Å²) in [5.74, 6) is 1.44. The molecule has 1 aromatic rings. The Hall–Kier alpha value is -1.39. The van der Waals surface area contributed by atoms with Crippen molar-refractivity contribution in [3.05, 3.63) is 35.4 Å². The van der Waals surface area contributed by atoms with Crippen LogP contribution in [0.4, 0.5) is 0 Å². The van der Waals surface area contributed by atoms with Gasteiger partial charge >= 0.3 is 0 Å². The first-order valence-electron chi connectivity index (χ1n) is 12.3. The van der Waals surface area contributed by atoms with E-state index in [-0.39, 0.29) is 42.0 Å². The summed E-state index contributed by atoms with van der Waals surface area (Å²) in [6.07, 6.45) is 5.52. The van der Waals surface area contributed by atoms with Crippen LogP contribution in [0.3, 0.4) is 0 Å². The molecule has 2 unspecified atom stereocenters. The fraction of sp³-hybridized carbons (Fsp3) is 0.680. The topological polar surface area (TPSA) is 69.2 Å². The molecular weight excluding hydrogens is 529 g/mol. The molecular formula is C25H40IN5O2. The Kier molecular flexibility index (Phi) is 10.2. The van der Waals surface area contributed by atoms with Crippen molar-refractivity contribution < 1.29 is 9.53 Å². The van der Waals surface area contributed by atoms with Gasteiger partial charge in [0.2, 0.25) is 5.91 Å². The Balaban J connectivity index is 0.00000306. The van der Waals surface area contributed by atoms with E-state index in [0.29, 0.717) is 5.91 Å². The Bertz CT molecular complexity index is 793. The molecule has 184 valence electrons. The van der Waals surface area contributed by atoms with Crippen LogP contribution in [0.15, 0.2) is 29.3 Å². The van der Waals surface area contributed by atoms with Crippen molar-refractivity contribution in [2.45, 2.75) is 51.1 Å². The van der Waals surface area contributed by atoms with Crippen LogP contribution in [0, 0.1) is 12.8 Å². The lowest BCUT2D eigenvalue weighted by Gasteiger charge is -2.35. The molecule has 7 nitrogen and oxygen atoms in total. The third kappa shape index (κ3) is 7.05. The number of nitrogens with zero attached hydrogens (tertiary/aromatic N) is 3. The van der Waals surface area contributed by atoms with E-state index in [4.69, 9.17) is 4.74 Å². The first kappa shape index (κ1) is 26.2. The number of morpholine rings is 1. The first-order valence-corrected chi connectivity index (χ1v) is 12.3. The summed E-state index contributed by atoms with van der Waals surface area (Å²) in [5, 5.41) is 7.13. The minimum atomic E-state index is 0. The lowest BCUT2D eigenvalue weighted by molar-refractivity contribution is -0.134. The lowest BCUT2D eigenvalue weighted by Crippen LogP contribution is -2.49. The second kappa shape index (κ2) is 12.9. The first-order chi connectivity index (χ1) is 15.6. The van der Waals surface area contributed by atoms with Gasteiger partial charge in [0.25, 0.3) is 0 Å². The molecule has 0 spiro atoms. The fourth-order valence-electron chi connectivity index (χ4n) is 5.31. The molecule has 1 amide bonds. The highest BCUT2D eigenvalue weighted by Gasteiger charge is 2.32. The van der Waals surface area contributed by atoms with Gasteiger partial charge in [-0.05, 0) is 31.7 Å². The monoisotopic (exact) mass is 569 g/mol. The smallest absolute Gasteiger partial charge is 0.225 e. The third-order valence-electron chi connectivity index (χ3n) is 7.14. The number of carbonyl (C=O) groups is 1. The summed E-state index contributed by atoms with van der Waals surface area (Å²) in [6, 6.07) is 9.30. The second-order valence-corrected chi connectivity index (χ2v) is 9.43. The minimum Gasteiger partial charge on any atom is -0.379 e. The second-order valence-electron chi connectivity index (χ2n) is 9.43. The summed E-state index contributed by atoms with van der Waals surface area (Å²) in [5.41, 5.74) is 2.60. The molecule has 33 heavy (non-hydrogen) atoms. The van der Waals surface area contributed by atoms with E-state index in [0.717, 1.165) is 71.2 Å². The average Bonchev–Trinajstić information content (AvgIpc) is 3.51. The van der Waals surface area contributed by atoms with Crippen LogP contribution in [0.2, 0.25) is 0 Å². The van der Waals surface area contributed by atoms with Crippen LogP contribution in [-0.2, 0) is 9.53 Å². The highest BCUT2D eigenvalue weighted by molar-refractivity contribution is 14.0. The zero-order chi connectivity index (χ0) is 22.3. The maximum absolute atomic E-state index is 12.8. The Morgan fingerprint density at radius 3 is 2.64 bits per heavy atom. The van der Waals surface area contributed by atoms with Crippen LogP contribution in [0.1, 0.15) is 49.3 Å². The normalized spacial score (nSPS) is 23.3. The number of hydrogen-bond acceptors (Lipinski definition) is 4. The van der Waals surface area contributed by atoms with E-state index in [2.05, 4.69) is 56.6 Å². The molecule has 3 aliphatic rings. The van der Waals surface area contributed by atoms with Gasteiger partial charge in [0.1, 0.15) is 0 Å². The highest BCUT2D eigenvalue weighted by Crippen LogP contribution is 2.28. The quantitative estimate of drug-likeness (QED) is 0.314. The molecule has 2 aliphatic heterocycles. The van der Waals surface area contributed by atoms with Gasteiger partial charge in [-0.25, -0.2) is 0 Å². The van der Waals surface area contributed by atoms with E-state index >= 15 is 0 Å². The maximum atomic E-state index is 12.8. The molecule has 2 saturated heterocycles. The highest BCUT2D eigenvalue weighted by atomic mass is 127. The number of likely N-dealkylation sites (tertiary alicyclic amines) is 1. The largest absolute Gasteiger partial charge is 0.379 e. The van der Waals surface area contributed by atoms with Gasteiger partial charge in [0.15, 0.2) is 5.96 Å². The maximum Gasteiger partial charge on any atom is 0.225 e. The van der Waals surface area contributed by atoms with Gasteiger partial charge in [-0.3, -0.25) is 14.7 Å². The molecule has 0 bridgehead atoms. The number of rotatable bonds is 6. The molecule has 2 atom stereocenters. The number of aryl methyl sites for hydroxylation is 1. The van der Waals surface area contributed by atoms with Crippen LogP contribution in [0.25, 0.3) is 0 Å². The van der Waals surface area contributed by atoms with Crippen LogP contribution in [-0.4, -0.2) is 80.7 Å². The van der Waals surface area contributed by atoms with E-state index < -0.39 is 0 Å². The standard InChI is InChI=1S/C25H39N5O2.HI/c1-19-6-5-9-21(16-19)23(29-12-14-32-15-13-29)17-27-25(26-2)28-22-10-11-30(18-22)24(31)20-7-3-4-8-20;/h5-6,9,16,20,22-23H,3-4,7-8,10-15,17-18H2,1-2H3,(H2,26,27,28);1H. The van der Waals surface area contributed by atoms with Crippen molar-refractivity contribution in [1.82, 2.24) is 20.4 Å². The van der Waals surface area contributed by atoms with Crippen LogP contribution >= 0.6 is 24.0 Å². The number of nitrogens with one attached hydrogen (secondary N) is 2. The number of hydrogen-bond donors (Lipinski definition) is 2. The van der Waals surface area contributed by atoms with Crippen LogP contribution in [0.5, 0.6) is 0 Å². The molecule has 4 rings (SSSR count). The molecule has 1 aliphatic carbocycles. The minimum absolute atomic E-state index is 0. The molecule has 0 aromatic heterocycles. The molecule has 8 heteroatoms. The fourth-order valence-corrected chi connectivity index (χ4v) is 5.31. The van der Waals surface area contributed by atoms with Gasteiger partial charge in [-0.15, -0.1) is 24.0 Å². The van der Waals surface area contributed by atoms with Gasteiger partial charge < -0.3 is 20.3 Å². The van der Waals surface area contributed by atoms with Crippen molar-refractivity contribution in [1.29, 1.82) is 0 Å². The van der Waals surface area contributed by atoms with E-state index in [1.54, 1.807) is 0 Å². The zero-order valence-corrected chi connectivity index (χ0v) is 22.4. The average molecular weight is 570 g/mol. The molecule has 2 heterocycles. The molecule has 3 fully saturated rings. The number of halogens is 1. The predicted molar refractivity (Wildman–Crippen MR) is 143 cm³/mol. The van der Waals surface area contributed by atoms with E-state index in [1.165, 1.54) is 24.0 Å². The Labute approximate surface area is 215 Å². The lowest BCUT2D eigenvalue weighted by atomic mass is 10.0. The van der Waals surface area contributed by atoms with Gasteiger partial charge in [-0.2, -0.15) is 0 Å². The van der Waals surface area contributed by atoms with Crippen molar-refractivity contribution in [2.24, 2.45) is 10.9 Å². The SMILES string of the molecule is CN=C(NCC(c1cccc(C)c1)N1CCOCC1)NC1CCN(C(=O)C2CCCC2)C1.I. The number of amides is 1. The molecule has 2 N–H and O–H groups in total. The van der Waals surface area contributed by atoms with Crippen molar-refractivity contribution in [2.75, 3.05) is 53.0 Å². The van der Waals surface area contributed by atoms with E-state index in [9.17, 15) is 4.79 Å². The summed E-state index contributed by atoms with van der Waals surface area (Å²) >= 11 is 0. The predicted octanol–water partition coefficient (Wildman–Crippen LogP) is 2.94. The number of benzene rings is 1. The molecule has 1 aromatic carbocycles. The van der Waals surface area contributed by atoms with Crippen molar-refractivity contribution >= 4 is 35.8 Å². The molecule has 0 radical (unpaired) electrons. The summed E-state index contributed by atoms with van der Waals surface area (Å²) in [4.78, 5) is 21.8. The molecule has 1 saturated carbocycles. The van der Waals surface area contributed by atoms with Gasteiger partial charge in [0.05, 0.1) is 19.3 Å². The van der Waals surface area contributed by atoms with Crippen LogP contribution < -0.4 is 10.6 Å². The number of aliphatic imine (C=N–C) groups is 1. The number of ether oxygens (including phenoxy) is 1. The third-order valence-corrected chi connectivity index (χ3v) is 7.14. The van der Waals surface area contributed by atoms with Gasteiger partial charge in [0, 0.05) is 51.7 Å². The number of guanidine groups is 1. The zero-order valence-electron chi connectivity index (χ0n) is 20.1. The van der Waals surface area contributed by atoms with Crippen molar-refractivity contribution in [3.8, 4) is 0 Å². The van der Waals surface area contributed by atoms with E-state index in [1.807, 2.05) is 7.05 Å². The van der Waals surface area contributed by atoms with Crippen molar-refractivity contribution in [3.63, 3.8) is 0 Å².